The van der Waals surface area contributed by atoms with E-state index in [4.69, 9.17) is 9.47 Å². The fourth-order valence-corrected chi connectivity index (χ4v) is 2.11. The number of methoxy groups -OCH3 is 1. The fraction of sp³-hybridized carbons (Fsp3) is 0.158. The van der Waals surface area contributed by atoms with Crippen LogP contribution in [-0.2, 0) is 14.3 Å². The minimum atomic E-state index is -0.623. The Labute approximate surface area is 145 Å². The van der Waals surface area contributed by atoms with E-state index in [0.29, 0.717) is 16.9 Å². The molecule has 0 atom stereocenters. The SMILES string of the molecule is CNC(=O)COC(=O)/C(=C/c1ccc(O)c(OC)c1)c1ccccc1. The second-order valence-electron chi connectivity index (χ2n) is 5.10. The van der Waals surface area contributed by atoms with Crippen molar-refractivity contribution in [1.82, 2.24) is 5.32 Å². The molecule has 0 bridgehead atoms. The summed E-state index contributed by atoms with van der Waals surface area (Å²) in [5, 5.41) is 12.1. The fourth-order valence-electron chi connectivity index (χ4n) is 2.11. The first-order chi connectivity index (χ1) is 12.0. The predicted molar refractivity (Wildman–Crippen MR) is 94.0 cm³/mol. The van der Waals surface area contributed by atoms with E-state index in [1.54, 1.807) is 42.5 Å². The number of aromatic hydroxyl groups is 1. The highest BCUT2D eigenvalue weighted by Gasteiger charge is 2.15. The molecule has 0 saturated heterocycles. The van der Waals surface area contributed by atoms with Gasteiger partial charge in [0, 0.05) is 7.05 Å². The van der Waals surface area contributed by atoms with Gasteiger partial charge in [-0.25, -0.2) is 4.79 Å². The summed E-state index contributed by atoms with van der Waals surface area (Å²) in [7, 11) is 2.91. The lowest BCUT2D eigenvalue weighted by Gasteiger charge is -2.09. The van der Waals surface area contributed by atoms with Crippen molar-refractivity contribution in [2.75, 3.05) is 20.8 Å². The Morgan fingerprint density at radius 3 is 2.52 bits per heavy atom. The summed E-state index contributed by atoms with van der Waals surface area (Å²) in [5.74, 6) is -0.725. The normalized spacial score (nSPS) is 10.9. The molecule has 2 rings (SSSR count). The molecule has 0 aliphatic rings. The van der Waals surface area contributed by atoms with Gasteiger partial charge in [0.05, 0.1) is 12.7 Å². The summed E-state index contributed by atoms with van der Waals surface area (Å²) >= 11 is 0. The number of hydrogen-bond donors (Lipinski definition) is 2. The van der Waals surface area contributed by atoms with Crippen LogP contribution >= 0.6 is 0 Å². The number of amides is 1. The summed E-state index contributed by atoms with van der Waals surface area (Å²) in [6.45, 7) is -0.363. The second kappa shape index (κ2) is 8.54. The van der Waals surface area contributed by atoms with Crippen molar-refractivity contribution in [2.24, 2.45) is 0 Å². The van der Waals surface area contributed by atoms with Crippen LogP contribution in [0.25, 0.3) is 11.6 Å². The van der Waals surface area contributed by atoms with Gasteiger partial charge in [-0.05, 0) is 29.3 Å². The highest BCUT2D eigenvalue weighted by Crippen LogP contribution is 2.28. The maximum Gasteiger partial charge on any atom is 0.339 e. The molecule has 6 heteroatoms. The molecule has 25 heavy (non-hydrogen) atoms. The number of carbonyl (C=O) groups excluding carboxylic acids is 2. The molecule has 2 aromatic carbocycles. The number of rotatable bonds is 6. The Bertz CT molecular complexity index is 784. The third-order valence-electron chi connectivity index (χ3n) is 3.43. The van der Waals surface area contributed by atoms with Gasteiger partial charge in [-0.15, -0.1) is 0 Å². The second-order valence-corrected chi connectivity index (χ2v) is 5.10. The Morgan fingerprint density at radius 1 is 1.16 bits per heavy atom. The topological polar surface area (TPSA) is 84.9 Å². The Balaban J connectivity index is 2.38. The molecule has 130 valence electrons. The average molecular weight is 341 g/mol. The Morgan fingerprint density at radius 2 is 1.88 bits per heavy atom. The van der Waals surface area contributed by atoms with Crippen molar-refractivity contribution in [3.63, 3.8) is 0 Å². The number of phenolic OH excluding ortho intramolecular Hbond substituents is 1. The van der Waals surface area contributed by atoms with Crippen LogP contribution in [0.5, 0.6) is 11.5 Å². The van der Waals surface area contributed by atoms with Crippen molar-refractivity contribution in [2.45, 2.75) is 0 Å². The van der Waals surface area contributed by atoms with Gasteiger partial charge in [-0.1, -0.05) is 36.4 Å². The van der Waals surface area contributed by atoms with E-state index < -0.39 is 11.9 Å². The van der Waals surface area contributed by atoms with Gasteiger partial charge in [0.1, 0.15) is 0 Å². The predicted octanol–water partition coefficient (Wildman–Crippen LogP) is 2.23. The number of phenols is 1. The molecule has 0 spiro atoms. The van der Waals surface area contributed by atoms with Crippen LogP contribution in [0, 0.1) is 0 Å². The number of carbonyl (C=O) groups is 2. The molecule has 0 saturated carbocycles. The summed E-state index contributed by atoms with van der Waals surface area (Å²) in [5.41, 5.74) is 1.58. The van der Waals surface area contributed by atoms with E-state index in [2.05, 4.69) is 5.32 Å². The van der Waals surface area contributed by atoms with Gasteiger partial charge in [0.2, 0.25) is 0 Å². The zero-order valence-corrected chi connectivity index (χ0v) is 14.0. The third kappa shape index (κ3) is 4.84. The zero-order chi connectivity index (χ0) is 18.2. The van der Waals surface area contributed by atoms with E-state index in [9.17, 15) is 14.7 Å². The van der Waals surface area contributed by atoms with Crippen LogP contribution < -0.4 is 10.1 Å². The quantitative estimate of drug-likeness (QED) is 0.478. The minimum absolute atomic E-state index is 0.00287. The molecule has 1 amide bonds. The first-order valence-electron chi connectivity index (χ1n) is 7.57. The van der Waals surface area contributed by atoms with Crippen LogP contribution in [0.1, 0.15) is 11.1 Å². The van der Waals surface area contributed by atoms with E-state index >= 15 is 0 Å². The highest BCUT2D eigenvalue weighted by molar-refractivity contribution is 6.21. The molecule has 0 aliphatic carbocycles. The maximum atomic E-state index is 12.4. The van der Waals surface area contributed by atoms with Crippen molar-refractivity contribution in [1.29, 1.82) is 0 Å². The van der Waals surface area contributed by atoms with Crippen LogP contribution in [0.3, 0.4) is 0 Å². The van der Waals surface area contributed by atoms with Crippen LogP contribution in [0.15, 0.2) is 48.5 Å². The van der Waals surface area contributed by atoms with E-state index in [0.717, 1.165) is 0 Å². The number of nitrogens with one attached hydrogen (secondary N) is 1. The summed E-state index contributed by atoms with van der Waals surface area (Å²) < 4.78 is 10.1. The van der Waals surface area contributed by atoms with Gasteiger partial charge in [0.15, 0.2) is 18.1 Å². The molecule has 0 radical (unpaired) electrons. The molecular formula is C19H19NO5. The highest BCUT2D eigenvalue weighted by atomic mass is 16.5. The third-order valence-corrected chi connectivity index (χ3v) is 3.43. The first kappa shape index (κ1) is 18.1. The molecule has 0 fully saturated rings. The summed E-state index contributed by atoms with van der Waals surface area (Å²) in [6, 6.07) is 13.7. The van der Waals surface area contributed by atoms with Crippen LogP contribution in [-0.4, -0.2) is 37.7 Å². The Kier molecular flexibility index (Phi) is 6.17. The number of esters is 1. The number of likely N-dealkylation sites (N-methyl/N-ethyl adjacent to an activating group) is 1. The molecule has 6 nitrogen and oxygen atoms in total. The monoisotopic (exact) mass is 341 g/mol. The van der Waals surface area contributed by atoms with Gasteiger partial charge in [0.25, 0.3) is 5.91 Å². The van der Waals surface area contributed by atoms with E-state index in [1.807, 2.05) is 6.07 Å². The molecule has 0 unspecified atom stereocenters. The number of ether oxygens (including phenoxy) is 2. The van der Waals surface area contributed by atoms with E-state index in [-0.39, 0.29) is 17.9 Å². The molecule has 0 aromatic heterocycles. The minimum Gasteiger partial charge on any atom is -0.504 e. The van der Waals surface area contributed by atoms with Crippen LogP contribution in [0.4, 0.5) is 0 Å². The number of benzene rings is 2. The lowest BCUT2D eigenvalue weighted by molar-refractivity contribution is -0.142. The first-order valence-corrected chi connectivity index (χ1v) is 7.57. The summed E-state index contributed by atoms with van der Waals surface area (Å²) in [4.78, 5) is 23.7. The van der Waals surface area contributed by atoms with Crippen LogP contribution in [0.2, 0.25) is 0 Å². The molecule has 2 aromatic rings. The average Bonchev–Trinajstić information content (AvgIpc) is 2.65. The Hall–Kier alpha value is -3.28. The van der Waals surface area contributed by atoms with Crippen molar-refractivity contribution in [3.05, 3.63) is 59.7 Å². The van der Waals surface area contributed by atoms with Gasteiger partial charge in [-0.2, -0.15) is 0 Å². The van der Waals surface area contributed by atoms with Gasteiger partial charge >= 0.3 is 5.97 Å². The van der Waals surface area contributed by atoms with Gasteiger partial charge in [-0.3, -0.25) is 4.79 Å². The van der Waals surface area contributed by atoms with Crippen molar-refractivity contribution in [3.8, 4) is 11.5 Å². The molecule has 2 N–H and O–H groups in total. The summed E-state index contributed by atoms with van der Waals surface area (Å²) in [6.07, 6.45) is 1.61. The lowest BCUT2D eigenvalue weighted by atomic mass is 10.0. The van der Waals surface area contributed by atoms with E-state index in [1.165, 1.54) is 20.2 Å². The molecule has 0 heterocycles. The molecular weight excluding hydrogens is 322 g/mol. The maximum absolute atomic E-state index is 12.4. The molecule has 0 aliphatic heterocycles. The largest absolute Gasteiger partial charge is 0.504 e. The zero-order valence-electron chi connectivity index (χ0n) is 14.0. The standard InChI is InChI=1S/C19H19NO5/c1-20-18(22)12-25-19(23)15(14-6-4-3-5-7-14)10-13-8-9-16(21)17(11-13)24-2/h3-11,21H,12H2,1-2H3,(H,20,22)/b15-10+. The van der Waals surface area contributed by atoms with Crippen molar-refractivity contribution >= 4 is 23.5 Å². The smallest absolute Gasteiger partial charge is 0.339 e. The van der Waals surface area contributed by atoms with Gasteiger partial charge < -0.3 is 19.9 Å². The van der Waals surface area contributed by atoms with Crippen molar-refractivity contribution < 1.29 is 24.2 Å². The number of hydrogen-bond acceptors (Lipinski definition) is 5. The lowest BCUT2D eigenvalue weighted by Crippen LogP contribution is -2.25.